The number of sulfonamides is 1. The predicted octanol–water partition coefficient (Wildman–Crippen LogP) is 2.65. The molecule has 1 heterocycles. The third-order valence-electron chi connectivity index (χ3n) is 6.67. The highest BCUT2D eigenvalue weighted by atomic mass is 32.2. The predicted molar refractivity (Wildman–Crippen MR) is 164 cm³/mol. The van der Waals surface area contributed by atoms with Crippen molar-refractivity contribution in [1.29, 1.82) is 0 Å². The largest absolute Gasteiger partial charge is 0.493 e. The van der Waals surface area contributed by atoms with E-state index in [1.54, 1.807) is 30.3 Å². The van der Waals surface area contributed by atoms with E-state index in [1.165, 1.54) is 38.5 Å². The lowest BCUT2D eigenvalue weighted by molar-refractivity contribution is -0.148. The first-order chi connectivity index (χ1) is 21.5. The average molecular weight is 641 g/mol. The SMILES string of the molecule is CCC(CC)OC(=O)CNC(=O)c1ccc(C(=O)NS(=O)(=O)c2ccc(CCNC(=O)c3ccc(OC)c(OC)c3)cc2)cn1. The van der Waals surface area contributed by atoms with E-state index in [1.807, 2.05) is 18.6 Å². The zero-order valence-corrected chi connectivity index (χ0v) is 26.2. The maximum atomic E-state index is 12.8. The van der Waals surface area contributed by atoms with Gasteiger partial charge in [0, 0.05) is 18.3 Å². The Morgan fingerprint density at radius 2 is 1.47 bits per heavy atom. The fourth-order valence-electron chi connectivity index (χ4n) is 4.06. The lowest BCUT2D eigenvalue weighted by Gasteiger charge is -2.14. The molecule has 0 saturated carbocycles. The van der Waals surface area contributed by atoms with E-state index >= 15 is 0 Å². The number of benzene rings is 2. The topological polar surface area (TPSA) is 179 Å². The summed E-state index contributed by atoms with van der Waals surface area (Å²) in [7, 11) is -1.24. The Balaban J connectivity index is 1.51. The molecule has 14 heteroatoms. The number of hydrogen-bond acceptors (Lipinski definition) is 10. The van der Waals surface area contributed by atoms with E-state index in [0.29, 0.717) is 42.9 Å². The molecule has 0 radical (unpaired) electrons. The van der Waals surface area contributed by atoms with Crippen LogP contribution in [0.15, 0.2) is 65.7 Å². The third-order valence-corrected chi connectivity index (χ3v) is 8.01. The zero-order valence-electron chi connectivity index (χ0n) is 25.4. The van der Waals surface area contributed by atoms with Gasteiger partial charge in [-0.3, -0.25) is 24.2 Å². The molecule has 0 atom stereocenters. The van der Waals surface area contributed by atoms with E-state index in [9.17, 15) is 27.6 Å². The van der Waals surface area contributed by atoms with Gasteiger partial charge in [0.2, 0.25) is 0 Å². The van der Waals surface area contributed by atoms with E-state index in [2.05, 4.69) is 15.6 Å². The average Bonchev–Trinajstić information content (AvgIpc) is 3.05. The van der Waals surface area contributed by atoms with Crippen LogP contribution in [0.4, 0.5) is 0 Å². The van der Waals surface area contributed by atoms with Crippen LogP contribution in [0.25, 0.3) is 0 Å². The number of carbonyl (C=O) groups is 4. The van der Waals surface area contributed by atoms with Crippen LogP contribution in [0.3, 0.4) is 0 Å². The van der Waals surface area contributed by atoms with E-state index in [0.717, 1.165) is 11.8 Å². The van der Waals surface area contributed by atoms with Crippen molar-refractivity contribution < 1.29 is 41.8 Å². The number of methoxy groups -OCH3 is 2. The number of nitrogens with one attached hydrogen (secondary N) is 3. The van der Waals surface area contributed by atoms with Crippen LogP contribution in [0.1, 0.15) is 63.5 Å². The molecule has 3 amide bonds. The van der Waals surface area contributed by atoms with E-state index in [4.69, 9.17) is 14.2 Å². The molecule has 1 aromatic heterocycles. The van der Waals surface area contributed by atoms with Crippen molar-refractivity contribution >= 4 is 33.7 Å². The Labute approximate surface area is 261 Å². The van der Waals surface area contributed by atoms with Gasteiger partial charge in [0.15, 0.2) is 11.5 Å². The smallest absolute Gasteiger partial charge is 0.325 e. The molecule has 240 valence electrons. The number of rotatable bonds is 15. The van der Waals surface area contributed by atoms with Gasteiger partial charge in [-0.2, -0.15) is 0 Å². The third kappa shape index (κ3) is 9.76. The van der Waals surface area contributed by atoms with Crippen LogP contribution in [0.5, 0.6) is 11.5 Å². The molecule has 0 saturated heterocycles. The van der Waals surface area contributed by atoms with Crippen molar-refractivity contribution in [1.82, 2.24) is 20.3 Å². The summed E-state index contributed by atoms with van der Waals surface area (Å²) in [5.74, 6) is -1.55. The first-order valence-electron chi connectivity index (χ1n) is 14.1. The van der Waals surface area contributed by atoms with Crippen LogP contribution >= 0.6 is 0 Å². The van der Waals surface area contributed by atoms with Gasteiger partial charge in [-0.1, -0.05) is 26.0 Å². The summed E-state index contributed by atoms with van der Waals surface area (Å²) in [5, 5.41) is 5.19. The molecular formula is C31H36N4O9S. The summed E-state index contributed by atoms with van der Waals surface area (Å²) in [5.41, 5.74) is 0.993. The number of carbonyl (C=O) groups excluding carboxylic acids is 4. The highest BCUT2D eigenvalue weighted by molar-refractivity contribution is 7.90. The lowest BCUT2D eigenvalue weighted by atomic mass is 10.1. The van der Waals surface area contributed by atoms with Gasteiger partial charge in [0.1, 0.15) is 18.3 Å². The fourth-order valence-corrected chi connectivity index (χ4v) is 5.04. The van der Waals surface area contributed by atoms with Crippen molar-refractivity contribution in [3.05, 3.63) is 83.2 Å². The zero-order chi connectivity index (χ0) is 33.0. The maximum absolute atomic E-state index is 12.8. The molecule has 45 heavy (non-hydrogen) atoms. The number of esters is 1. The van der Waals surface area contributed by atoms with Gasteiger partial charge >= 0.3 is 5.97 Å². The minimum absolute atomic E-state index is 0.0692. The molecule has 3 aromatic rings. The van der Waals surface area contributed by atoms with Crippen molar-refractivity contribution in [3.8, 4) is 11.5 Å². The van der Waals surface area contributed by atoms with Gasteiger partial charge in [0.05, 0.1) is 24.7 Å². The molecule has 0 spiro atoms. The number of nitrogens with zero attached hydrogens (tertiary/aromatic N) is 1. The van der Waals surface area contributed by atoms with Gasteiger partial charge in [-0.25, -0.2) is 13.1 Å². The summed E-state index contributed by atoms with van der Waals surface area (Å²) in [4.78, 5) is 53.0. The molecule has 0 unspecified atom stereocenters. The number of aromatic nitrogens is 1. The summed E-state index contributed by atoms with van der Waals surface area (Å²) >= 11 is 0. The molecule has 0 bridgehead atoms. The molecule has 0 aliphatic rings. The Hall–Kier alpha value is -4.98. The maximum Gasteiger partial charge on any atom is 0.325 e. The Morgan fingerprint density at radius 3 is 2.07 bits per heavy atom. The number of hydrogen-bond donors (Lipinski definition) is 3. The first-order valence-corrected chi connectivity index (χ1v) is 15.6. The Bertz CT molecular complexity index is 1600. The Kier molecular flexibility index (Phi) is 12.4. The second-order valence-corrected chi connectivity index (χ2v) is 11.4. The number of ether oxygens (including phenoxy) is 3. The van der Waals surface area contributed by atoms with Crippen molar-refractivity contribution in [3.63, 3.8) is 0 Å². The van der Waals surface area contributed by atoms with Crippen molar-refractivity contribution in [2.45, 2.75) is 44.1 Å². The van der Waals surface area contributed by atoms with Gasteiger partial charge in [-0.05, 0) is 67.3 Å². The van der Waals surface area contributed by atoms with Crippen LogP contribution in [0.2, 0.25) is 0 Å². The molecule has 13 nitrogen and oxygen atoms in total. The van der Waals surface area contributed by atoms with Crippen molar-refractivity contribution in [2.24, 2.45) is 0 Å². The normalized spacial score (nSPS) is 11.0. The van der Waals surface area contributed by atoms with Crippen molar-refractivity contribution in [2.75, 3.05) is 27.3 Å². The first kappa shape index (κ1) is 34.5. The minimum Gasteiger partial charge on any atom is -0.493 e. The van der Waals surface area contributed by atoms with Crippen LogP contribution in [0, 0.1) is 0 Å². The molecule has 3 rings (SSSR count). The van der Waals surface area contributed by atoms with E-state index < -0.39 is 27.8 Å². The van der Waals surface area contributed by atoms with Crippen LogP contribution in [-0.2, 0) is 26.0 Å². The number of pyridine rings is 1. The fraction of sp³-hybridized carbons (Fsp3) is 0.323. The molecule has 0 aliphatic carbocycles. The highest BCUT2D eigenvalue weighted by Gasteiger charge is 2.20. The second-order valence-electron chi connectivity index (χ2n) is 9.70. The lowest BCUT2D eigenvalue weighted by Crippen LogP contribution is -2.33. The number of amides is 3. The van der Waals surface area contributed by atoms with Crippen LogP contribution in [-0.4, -0.2) is 70.5 Å². The van der Waals surface area contributed by atoms with Crippen LogP contribution < -0.4 is 24.8 Å². The molecular weight excluding hydrogens is 604 g/mol. The summed E-state index contributed by atoms with van der Waals surface area (Å²) in [6.07, 6.45) is 2.58. The van der Waals surface area contributed by atoms with Gasteiger partial charge in [-0.15, -0.1) is 0 Å². The Morgan fingerprint density at radius 1 is 0.800 bits per heavy atom. The summed E-state index contributed by atoms with van der Waals surface area (Å²) < 4.78 is 43.2. The summed E-state index contributed by atoms with van der Waals surface area (Å²) in [6.45, 7) is 3.72. The monoisotopic (exact) mass is 640 g/mol. The molecule has 3 N–H and O–H groups in total. The minimum atomic E-state index is -4.22. The standard InChI is InChI=1S/C31H36N4O9S/c1-5-23(6-2)44-28(36)19-34-31(39)25-13-9-22(18-33-25)30(38)35-45(40,41)24-11-7-20(8-12-24)15-16-32-29(37)21-10-14-26(42-3)27(17-21)43-4/h7-14,17-18,23H,5-6,15-16,19H2,1-4H3,(H,32,37)(H,34,39)(H,35,38). The van der Waals surface area contributed by atoms with Gasteiger partial charge < -0.3 is 24.8 Å². The van der Waals surface area contributed by atoms with Gasteiger partial charge in [0.25, 0.3) is 27.7 Å². The second kappa shape index (κ2) is 16.2. The molecule has 0 aliphatic heterocycles. The highest BCUT2D eigenvalue weighted by Crippen LogP contribution is 2.27. The van der Waals surface area contributed by atoms with E-state index in [-0.39, 0.29) is 34.7 Å². The molecule has 2 aromatic carbocycles. The quantitative estimate of drug-likeness (QED) is 0.209. The summed E-state index contributed by atoms with van der Waals surface area (Å²) in [6, 6.07) is 13.2. The molecule has 0 fully saturated rings.